The SMILES string of the molecule is COc1ccc(-n2ncc3c2CC(C)(C)C[C@H]3NC(=O)c2cnc(C)cn2)cc1. The van der Waals surface area contributed by atoms with E-state index in [2.05, 4.69) is 34.2 Å². The molecule has 150 valence electrons. The zero-order valence-corrected chi connectivity index (χ0v) is 17.1. The molecule has 1 aromatic carbocycles. The summed E-state index contributed by atoms with van der Waals surface area (Å²) in [5.41, 5.74) is 4.26. The van der Waals surface area contributed by atoms with Crippen LogP contribution in [-0.2, 0) is 6.42 Å². The van der Waals surface area contributed by atoms with Crippen LogP contribution >= 0.6 is 0 Å². The average Bonchev–Trinajstić information content (AvgIpc) is 3.11. The number of fused-ring (bicyclic) bond motifs is 1. The molecule has 0 unspecified atom stereocenters. The second-order valence-corrected chi connectivity index (χ2v) is 8.27. The fourth-order valence-corrected chi connectivity index (χ4v) is 3.86. The highest BCUT2D eigenvalue weighted by Gasteiger charge is 2.36. The highest BCUT2D eigenvalue weighted by molar-refractivity contribution is 5.92. The molecule has 2 aromatic heterocycles. The number of aryl methyl sites for hydroxylation is 1. The molecule has 1 aliphatic rings. The lowest BCUT2D eigenvalue weighted by Gasteiger charge is -2.35. The van der Waals surface area contributed by atoms with Crippen LogP contribution in [-0.4, -0.2) is 32.8 Å². The van der Waals surface area contributed by atoms with Gasteiger partial charge in [0.2, 0.25) is 0 Å². The van der Waals surface area contributed by atoms with Gasteiger partial charge in [-0.15, -0.1) is 0 Å². The van der Waals surface area contributed by atoms with Crippen molar-refractivity contribution in [1.29, 1.82) is 0 Å². The van der Waals surface area contributed by atoms with Gasteiger partial charge in [0.25, 0.3) is 5.91 Å². The Morgan fingerprint density at radius 3 is 2.59 bits per heavy atom. The number of rotatable bonds is 4. The highest BCUT2D eigenvalue weighted by atomic mass is 16.5. The molecular formula is C22H25N5O2. The van der Waals surface area contributed by atoms with Crippen molar-refractivity contribution in [2.75, 3.05) is 7.11 Å². The van der Waals surface area contributed by atoms with Crippen molar-refractivity contribution in [3.8, 4) is 11.4 Å². The number of ether oxygens (including phenoxy) is 1. The van der Waals surface area contributed by atoms with Crippen LogP contribution in [0.5, 0.6) is 5.75 Å². The van der Waals surface area contributed by atoms with Crippen LogP contribution in [0.3, 0.4) is 0 Å². The predicted octanol–water partition coefficient (Wildman–Crippen LogP) is 3.42. The molecule has 1 aliphatic carbocycles. The maximum absolute atomic E-state index is 12.7. The van der Waals surface area contributed by atoms with Crippen molar-refractivity contribution in [3.63, 3.8) is 0 Å². The molecule has 29 heavy (non-hydrogen) atoms. The summed E-state index contributed by atoms with van der Waals surface area (Å²) in [4.78, 5) is 21.1. The number of carbonyl (C=O) groups excluding carboxylic acids is 1. The number of methoxy groups -OCH3 is 1. The monoisotopic (exact) mass is 391 g/mol. The number of nitrogens with one attached hydrogen (secondary N) is 1. The van der Waals surface area contributed by atoms with Crippen LogP contribution in [0.4, 0.5) is 0 Å². The van der Waals surface area contributed by atoms with Crippen LogP contribution in [0, 0.1) is 12.3 Å². The van der Waals surface area contributed by atoms with Gasteiger partial charge in [0.05, 0.1) is 42.6 Å². The third-order valence-electron chi connectivity index (χ3n) is 5.32. The lowest BCUT2D eigenvalue weighted by atomic mass is 9.74. The van der Waals surface area contributed by atoms with Crippen molar-refractivity contribution in [2.45, 2.75) is 39.7 Å². The Balaban J connectivity index is 1.65. The molecule has 7 nitrogen and oxygen atoms in total. The van der Waals surface area contributed by atoms with Crippen molar-refractivity contribution in [2.24, 2.45) is 5.41 Å². The lowest BCUT2D eigenvalue weighted by molar-refractivity contribution is 0.0913. The Hall–Kier alpha value is -3.22. The van der Waals surface area contributed by atoms with E-state index in [1.807, 2.05) is 42.1 Å². The molecule has 1 amide bonds. The molecule has 0 saturated carbocycles. The van der Waals surface area contributed by atoms with E-state index in [0.29, 0.717) is 5.69 Å². The second kappa shape index (κ2) is 7.31. The molecule has 1 N–H and O–H groups in total. The Morgan fingerprint density at radius 1 is 1.17 bits per heavy atom. The van der Waals surface area contributed by atoms with Crippen molar-refractivity contribution in [1.82, 2.24) is 25.1 Å². The molecule has 0 aliphatic heterocycles. The molecule has 0 radical (unpaired) electrons. The molecule has 2 heterocycles. The van der Waals surface area contributed by atoms with Gasteiger partial charge in [-0.3, -0.25) is 9.78 Å². The Labute approximate surface area is 170 Å². The molecule has 1 atom stereocenters. The van der Waals surface area contributed by atoms with Gasteiger partial charge in [-0.25, -0.2) is 9.67 Å². The van der Waals surface area contributed by atoms with E-state index in [9.17, 15) is 4.79 Å². The molecule has 3 aromatic rings. The van der Waals surface area contributed by atoms with Gasteiger partial charge in [0.15, 0.2) is 0 Å². The molecule has 4 rings (SSSR count). The largest absolute Gasteiger partial charge is 0.497 e. The summed E-state index contributed by atoms with van der Waals surface area (Å²) in [5.74, 6) is 0.586. The molecular weight excluding hydrogens is 366 g/mol. The van der Waals surface area contributed by atoms with Gasteiger partial charge in [-0.2, -0.15) is 5.10 Å². The fraction of sp³-hybridized carbons (Fsp3) is 0.364. The standard InChI is InChI=1S/C22H25N5O2/c1-14-11-24-19(13-23-14)21(28)26-18-9-22(2,3)10-20-17(18)12-25-27(20)15-5-7-16(29-4)8-6-15/h5-8,11-13,18H,9-10H2,1-4H3,(H,26,28)/t18-/m1/s1. The Morgan fingerprint density at radius 2 is 1.93 bits per heavy atom. The normalized spacial score (nSPS) is 17.4. The maximum atomic E-state index is 12.7. The summed E-state index contributed by atoms with van der Waals surface area (Å²) in [6.07, 6.45) is 6.69. The van der Waals surface area contributed by atoms with E-state index in [1.165, 1.54) is 6.20 Å². The average molecular weight is 391 g/mol. The molecule has 0 fully saturated rings. The number of benzene rings is 1. The third-order valence-corrected chi connectivity index (χ3v) is 5.32. The van der Waals surface area contributed by atoms with Crippen LogP contribution in [0.15, 0.2) is 42.9 Å². The van der Waals surface area contributed by atoms with Crippen LogP contribution in [0.1, 0.15) is 53.7 Å². The highest BCUT2D eigenvalue weighted by Crippen LogP contribution is 2.41. The fourth-order valence-electron chi connectivity index (χ4n) is 3.86. The van der Waals surface area contributed by atoms with E-state index >= 15 is 0 Å². The van der Waals surface area contributed by atoms with Crippen LogP contribution < -0.4 is 10.1 Å². The maximum Gasteiger partial charge on any atom is 0.271 e. The van der Waals surface area contributed by atoms with E-state index in [-0.39, 0.29) is 17.4 Å². The lowest BCUT2D eigenvalue weighted by Crippen LogP contribution is -2.37. The first kappa shape index (κ1) is 19.1. The minimum absolute atomic E-state index is 0.0220. The van der Waals surface area contributed by atoms with Gasteiger partial charge in [0.1, 0.15) is 11.4 Å². The number of aromatic nitrogens is 4. The van der Waals surface area contributed by atoms with E-state index in [4.69, 9.17) is 4.74 Å². The minimum atomic E-state index is -0.219. The summed E-state index contributed by atoms with van der Waals surface area (Å²) < 4.78 is 7.21. The van der Waals surface area contributed by atoms with Crippen LogP contribution in [0.2, 0.25) is 0 Å². The molecule has 7 heteroatoms. The number of amides is 1. The zero-order valence-electron chi connectivity index (χ0n) is 17.1. The minimum Gasteiger partial charge on any atom is -0.497 e. The number of carbonyl (C=O) groups is 1. The van der Waals surface area contributed by atoms with Crippen molar-refractivity contribution < 1.29 is 9.53 Å². The zero-order chi connectivity index (χ0) is 20.6. The predicted molar refractivity (Wildman–Crippen MR) is 109 cm³/mol. The quantitative estimate of drug-likeness (QED) is 0.737. The summed E-state index contributed by atoms with van der Waals surface area (Å²) in [6, 6.07) is 7.70. The van der Waals surface area contributed by atoms with E-state index in [1.54, 1.807) is 13.3 Å². The van der Waals surface area contributed by atoms with Crippen LogP contribution in [0.25, 0.3) is 5.69 Å². The summed E-state index contributed by atoms with van der Waals surface area (Å²) >= 11 is 0. The molecule has 0 spiro atoms. The first-order valence-corrected chi connectivity index (χ1v) is 9.67. The van der Waals surface area contributed by atoms with Gasteiger partial charge in [-0.1, -0.05) is 13.8 Å². The van der Waals surface area contributed by atoms with Gasteiger partial charge >= 0.3 is 0 Å². The van der Waals surface area contributed by atoms with Gasteiger partial charge in [0, 0.05) is 11.8 Å². The first-order valence-electron chi connectivity index (χ1n) is 9.67. The topological polar surface area (TPSA) is 81.9 Å². The Bertz CT molecular complexity index is 1020. The van der Waals surface area contributed by atoms with Crippen molar-refractivity contribution in [3.05, 3.63) is 65.5 Å². The second-order valence-electron chi connectivity index (χ2n) is 8.27. The first-order chi connectivity index (χ1) is 13.9. The Kier molecular flexibility index (Phi) is 4.82. The summed E-state index contributed by atoms with van der Waals surface area (Å²) in [7, 11) is 1.65. The smallest absolute Gasteiger partial charge is 0.271 e. The van der Waals surface area contributed by atoms with Gasteiger partial charge < -0.3 is 10.1 Å². The third kappa shape index (κ3) is 3.85. The van der Waals surface area contributed by atoms with Gasteiger partial charge in [-0.05, 0) is 49.4 Å². The van der Waals surface area contributed by atoms with Crippen molar-refractivity contribution >= 4 is 5.91 Å². The molecule has 0 bridgehead atoms. The van der Waals surface area contributed by atoms with E-state index in [0.717, 1.165) is 41.2 Å². The number of hydrogen-bond acceptors (Lipinski definition) is 5. The summed E-state index contributed by atoms with van der Waals surface area (Å²) in [5, 5.41) is 7.76. The summed E-state index contributed by atoms with van der Waals surface area (Å²) in [6.45, 7) is 6.27. The number of hydrogen-bond donors (Lipinski definition) is 1. The van der Waals surface area contributed by atoms with E-state index < -0.39 is 0 Å². The number of nitrogens with zero attached hydrogens (tertiary/aromatic N) is 4. The molecule has 0 saturated heterocycles.